The number of thiophene rings is 1. The van der Waals surface area contributed by atoms with Crippen molar-refractivity contribution in [2.24, 2.45) is 0 Å². The van der Waals surface area contributed by atoms with Crippen molar-refractivity contribution in [3.63, 3.8) is 0 Å². The molecular weight excluding hydrogens is 424 g/mol. The number of benzene rings is 1. The van der Waals surface area contributed by atoms with Crippen LogP contribution in [0.5, 0.6) is 0 Å². The van der Waals surface area contributed by atoms with Crippen LogP contribution in [0.1, 0.15) is 27.0 Å². The highest BCUT2D eigenvalue weighted by Crippen LogP contribution is 2.29. The maximum Gasteiger partial charge on any atom is 0.287 e. The third-order valence-corrected chi connectivity index (χ3v) is 6.91. The second-order valence-electron chi connectivity index (χ2n) is 7.37. The quantitative estimate of drug-likeness (QED) is 0.598. The topological polar surface area (TPSA) is 88.9 Å². The zero-order valence-corrected chi connectivity index (χ0v) is 18.3. The van der Waals surface area contributed by atoms with Gasteiger partial charge in [-0.25, -0.2) is 8.42 Å². The third-order valence-electron chi connectivity index (χ3n) is 5.13. The van der Waals surface area contributed by atoms with Crippen LogP contribution in [0.4, 0.5) is 0 Å². The predicted molar refractivity (Wildman–Crippen MR) is 117 cm³/mol. The maximum absolute atomic E-state index is 13.0. The number of furan rings is 1. The summed E-state index contributed by atoms with van der Waals surface area (Å²) in [5.74, 6) is -0.585. The zero-order chi connectivity index (χ0) is 21.1. The van der Waals surface area contributed by atoms with E-state index >= 15 is 0 Å². The number of hydrogen-bond acceptors (Lipinski definition) is 7. The van der Waals surface area contributed by atoms with Gasteiger partial charge in [-0.2, -0.15) is 0 Å². The fraction of sp³-hybridized carbons (Fsp3) is 0.381. The molecule has 1 saturated heterocycles. The van der Waals surface area contributed by atoms with Gasteiger partial charge in [0.2, 0.25) is 0 Å². The first kappa shape index (κ1) is 21.0. The van der Waals surface area contributed by atoms with Crippen molar-refractivity contribution in [3.8, 4) is 0 Å². The number of para-hydroxylation sites is 1. The summed E-state index contributed by atoms with van der Waals surface area (Å²) in [4.78, 5) is 16.5. The molecule has 1 aromatic carbocycles. The molecule has 2 aromatic heterocycles. The average molecular weight is 449 g/mol. The summed E-state index contributed by atoms with van der Waals surface area (Å²) in [6.45, 7) is 3.31. The van der Waals surface area contributed by atoms with Gasteiger partial charge < -0.3 is 14.5 Å². The van der Waals surface area contributed by atoms with E-state index < -0.39 is 15.7 Å². The Bertz CT molecular complexity index is 1120. The van der Waals surface area contributed by atoms with Crippen molar-refractivity contribution in [1.82, 2.24) is 10.2 Å². The lowest BCUT2D eigenvalue weighted by Gasteiger charge is -2.34. The molecule has 0 bridgehead atoms. The van der Waals surface area contributed by atoms with E-state index in [2.05, 4.69) is 16.3 Å². The molecule has 0 radical (unpaired) electrons. The van der Waals surface area contributed by atoms with Crippen LogP contribution < -0.4 is 5.32 Å². The molecule has 1 fully saturated rings. The van der Waals surface area contributed by atoms with Gasteiger partial charge in [0, 0.05) is 41.7 Å². The van der Waals surface area contributed by atoms with Crippen molar-refractivity contribution in [2.75, 3.05) is 39.1 Å². The van der Waals surface area contributed by atoms with Crippen molar-refractivity contribution in [2.45, 2.75) is 11.8 Å². The fourth-order valence-corrected chi connectivity index (χ4v) is 5.41. The van der Waals surface area contributed by atoms with Gasteiger partial charge in [-0.05, 0) is 17.5 Å². The van der Waals surface area contributed by atoms with E-state index in [0.717, 1.165) is 24.2 Å². The Labute approximate surface area is 179 Å². The summed E-state index contributed by atoms with van der Waals surface area (Å²) in [6.07, 6.45) is 1.15. The van der Waals surface area contributed by atoms with E-state index in [1.807, 2.05) is 11.4 Å². The van der Waals surface area contributed by atoms with Crippen LogP contribution in [0.3, 0.4) is 0 Å². The molecule has 7 nitrogen and oxygen atoms in total. The molecule has 3 aromatic rings. The number of carbonyl (C=O) groups excluding carboxylic acids is 1. The van der Waals surface area contributed by atoms with E-state index in [1.165, 1.54) is 0 Å². The van der Waals surface area contributed by atoms with Gasteiger partial charge in [-0.15, -0.1) is 11.3 Å². The summed E-state index contributed by atoms with van der Waals surface area (Å²) in [5, 5.41) is 5.64. The molecule has 1 amide bonds. The number of carbonyl (C=O) groups is 1. The molecule has 3 heterocycles. The van der Waals surface area contributed by atoms with Crippen molar-refractivity contribution < 1.29 is 22.4 Å². The lowest BCUT2D eigenvalue weighted by Crippen LogP contribution is -2.43. The highest BCUT2D eigenvalue weighted by molar-refractivity contribution is 7.89. The van der Waals surface area contributed by atoms with Crippen molar-refractivity contribution in [1.29, 1.82) is 0 Å². The van der Waals surface area contributed by atoms with Gasteiger partial charge in [0.25, 0.3) is 5.91 Å². The van der Waals surface area contributed by atoms with Crippen LogP contribution >= 0.6 is 11.3 Å². The maximum atomic E-state index is 13.0. The Morgan fingerprint density at radius 3 is 2.67 bits per heavy atom. The van der Waals surface area contributed by atoms with Crippen molar-refractivity contribution >= 4 is 38.1 Å². The fourth-order valence-electron chi connectivity index (χ4n) is 3.74. The van der Waals surface area contributed by atoms with E-state index in [-0.39, 0.29) is 17.6 Å². The number of nitrogens with one attached hydrogen (secondary N) is 1. The number of hydrogen-bond donors (Lipinski definition) is 1. The Kier molecular flexibility index (Phi) is 6.24. The molecule has 1 atom stereocenters. The molecule has 160 valence electrons. The molecular formula is C21H24N2O5S2. The minimum Gasteiger partial charge on any atom is -0.451 e. The first-order valence-corrected chi connectivity index (χ1v) is 12.7. The van der Waals surface area contributed by atoms with Gasteiger partial charge in [0.05, 0.1) is 25.0 Å². The molecule has 1 N–H and O–H groups in total. The molecule has 1 unspecified atom stereocenters. The van der Waals surface area contributed by atoms with E-state index in [1.54, 1.807) is 35.6 Å². The van der Waals surface area contributed by atoms with E-state index in [0.29, 0.717) is 36.3 Å². The smallest absolute Gasteiger partial charge is 0.287 e. The van der Waals surface area contributed by atoms with E-state index in [9.17, 15) is 13.2 Å². The largest absolute Gasteiger partial charge is 0.451 e. The number of morpholine rings is 1. The minimum atomic E-state index is -3.34. The molecule has 1 aliphatic rings. The molecule has 0 aliphatic carbocycles. The Morgan fingerprint density at radius 1 is 1.20 bits per heavy atom. The van der Waals surface area contributed by atoms with E-state index in [4.69, 9.17) is 9.15 Å². The van der Waals surface area contributed by atoms with Gasteiger partial charge in [0.15, 0.2) is 15.6 Å². The Hall–Kier alpha value is -2.20. The van der Waals surface area contributed by atoms with Crippen LogP contribution in [0.25, 0.3) is 11.0 Å². The molecule has 4 rings (SSSR count). The second kappa shape index (κ2) is 8.89. The highest BCUT2D eigenvalue weighted by Gasteiger charge is 2.27. The standard InChI is InChI=1S/C21H24N2O5S2/c1-30(25,26)14-16-15-5-2-3-6-18(15)28-20(16)21(24)22-13-17(19-7-4-12-29-19)23-8-10-27-11-9-23/h2-7,12,17H,8-11,13-14H2,1H3,(H,22,24). The minimum absolute atomic E-state index is 0.0283. The monoisotopic (exact) mass is 448 g/mol. The summed E-state index contributed by atoms with van der Waals surface area (Å²) in [5.41, 5.74) is 0.911. The van der Waals surface area contributed by atoms with Gasteiger partial charge in [-0.3, -0.25) is 9.69 Å². The third kappa shape index (κ3) is 4.75. The summed E-state index contributed by atoms with van der Waals surface area (Å²) >= 11 is 1.65. The van der Waals surface area contributed by atoms with Crippen LogP contribution in [0.15, 0.2) is 46.2 Å². The van der Waals surface area contributed by atoms with Gasteiger partial charge in [0.1, 0.15) is 5.58 Å². The first-order valence-electron chi connectivity index (χ1n) is 9.74. The molecule has 0 saturated carbocycles. The summed E-state index contributed by atoms with van der Waals surface area (Å²) in [6, 6.07) is 11.2. The first-order chi connectivity index (χ1) is 14.4. The van der Waals surface area contributed by atoms with Gasteiger partial charge in [-0.1, -0.05) is 24.3 Å². The lowest BCUT2D eigenvalue weighted by atomic mass is 10.1. The van der Waals surface area contributed by atoms with Crippen molar-refractivity contribution in [3.05, 3.63) is 58.0 Å². The zero-order valence-electron chi connectivity index (χ0n) is 16.7. The normalized spacial score (nSPS) is 16.6. The second-order valence-corrected chi connectivity index (χ2v) is 10.5. The molecule has 9 heteroatoms. The number of sulfone groups is 1. The lowest BCUT2D eigenvalue weighted by molar-refractivity contribution is 0.0168. The van der Waals surface area contributed by atoms with Gasteiger partial charge >= 0.3 is 0 Å². The summed E-state index contributed by atoms with van der Waals surface area (Å²) in [7, 11) is -3.34. The van der Waals surface area contributed by atoms with Crippen LogP contribution in [0, 0.1) is 0 Å². The van der Waals surface area contributed by atoms with Crippen LogP contribution in [-0.2, 0) is 20.3 Å². The average Bonchev–Trinajstić information content (AvgIpc) is 3.37. The number of nitrogens with zero attached hydrogens (tertiary/aromatic N) is 1. The number of fused-ring (bicyclic) bond motifs is 1. The summed E-state index contributed by atoms with van der Waals surface area (Å²) < 4.78 is 35.1. The molecule has 0 spiro atoms. The highest BCUT2D eigenvalue weighted by atomic mass is 32.2. The number of rotatable bonds is 7. The predicted octanol–water partition coefficient (Wildman–Crippen LogP) is 2.84. The Morgan fingerprint density at radius 2 is 1.97 bits per heavy atom. The molecule has 1 aliphatic heterocycles. The van der Waals surface area contributed by atoms with Crippen LogP contribution in [-0.4, -0.2) is 58.3 Å². The number of amides is 1. The SMILES string of the molecule is CS(=O)(=O)Cc1c(C(=O)NCC(c2cccs2)N2CCOCC2)oc2ccccc12. The number of ether oxygens (including phenoxy) is 1. The Balaban J connectivity index is 1.58. The molecule has 30 heavy (non-hydrogen) atoms. The van der Waals surface area contributed by atoms with Crippen LogP contribution in [0.2, 0.25) is 0 Å².